The van der Waals surface area contributed by atoms with Crippen molar-refractivity contribution in [3.63, 3.8) is 0 Å². The summed E-state index contributed by atoms with van der Waals surface area (Å²) in [5, 5.41) is 10.2. The third kappa shape index (κ3) is 6.10. The summed E-state index contributed by atoms with van der Waals surface area (Å²) in [6.07, 6.45) is 1.73. The fraction of sp³-hybridized carbons (Fsp3) is 0.938. The first-order chi connectivity index (χ1) is 10.1. The molecule has 130 valence electrons. The number of rotatable bonds is 5. The smallest absolute Gasteiger partial charge is 0.410 e. The van der Waals surface area contributed by atoms with E-state index in [4.69, 9.17) is 10.5 Å². The molecule has 6 heteroatoms. The van der Waals surface area contributed by atoms with Crippen molar-refractivity contribution in [2.75, 3.05) is 40.3 Å². The van der Waals surface area contributed by atoms with Crippen LogP contribution in [0.15, 0.2) is 0 Å². The Morgan fingerprint density at radius 3 is 2.59 bits per heavy atom. The van der Waals surface area contributed by atoms with E-state index < -0.39 is 11.7 Å². The maximum atomic E-state index is 12.3. The quantitative estimate of drug-likeness (QED) is 0.799. The molecule has 1 aliphatic heterocycles. The lowest BCUT2D eigenvalue weighted by Gasteiger charge is -2.43. The maximum Gasteiger partial charge on any atom is 0.410 e. The average Bonchev–Trinajstić information content (AvgIpc) is 2.35. The molecule has 0 radical (unpaired) electrons. The Morgan fingerprint density at radius 2 is 2.09 bits per heavy atom. The summed E-state index contributed by atoms with van der Waals surface area (Å²) in [5.74, 6) is 0. The zero-order valence-electron chi connectivity index (χ0n) is 14.8. The van der Waals surface area contributed by atoms with E-state index >= 15 is 0 Å². The predicted molar refractivity (Wildman–Crippen MR) is 87.7 cm³/mol. The number of aliphatic hydroxyl groups excluding tert-OH is 1. The number of hydrogen-bond acceptors (Lipinski definition) is 5. The van der Waals surface area contributed by atoms with Crippen molar-refractivity contribution in [2.24, 2.45) is 11.1 Å². The third-order valence-electron chi connectivity index (χ3n) is 3.99. The number of carbonyl (C=O) groups excluding carboxylic acids is 1. The number of likely N-dealkylation sites (N-methyl/N-ethyl adjacent to an activating group) is 1. The van der Waals surface area contributed by atoms with Crippen molar-refractivity contribution in [1.82, 2.24) is 9.80 Å². The summed E-state index contributed by atoms with van der Waals surface area (Å²) in [4.78, 5) is 16.0. The highest BCUT2D eigenvalue weighted by Crippen LogP contribution is 2.34. The Hall–Kier alpha value is -0.850. The molecule has 6 nitrogen and oxygen atoms in total. The van der Waals surface area contributed by atoms with Crippen molar-refractivity contribution in [3.8, 4) is 0 Å². The SMILES string of the molecule is CN(C)C[C@H](O)C[C@@]1(CN)CCCN(C(=O)OC(C)(C)C)C1. The van der Waals surface area contributed by atoms with Gasteiger partial charge in [0.05, 0.1) is 6.10 Å². The van der Waals surface area contributed by atoms with E-state index in [0.29, 0.717) is 32.6 Å². The van der Waals surface area contributed by atoms with Crippen LogP contribution in [-0.4, -0.2) is 73.0 Å². The highest BCUT2D eigenvalue weighted by Gasteiger charge is 2.38. The van der Waals surface area contributed by atoms with Gasteiger partial charge in [-0.1, -0.05) is 0 Å². The number of likely N-dealkylation sites (tertiary alicyclic amines) is 1. The zero-order chi connectivity index (χ0) is 17.0. The van der Waals surface area contributed by atoms with Gasteiger partial charge < -0.3 is 25.4 Å². The van der Waals surface area contributed by atoms with Crippen LogP contribution in [0.25, 0.3) is 0 Å². The van der Waals surface area contributed by atoms with E-state index in [9.17, 15) is 9.90 Å². The monoisotopic (exact) mass is 315 g/mol. The summed E-state index contributed by atoms with van der Waals surface area (Å²) in [6, 6.07) is 0. The molecule has 1 fully saturated rings. The molecule has 1 aliphatic rings. The Morgan fingerprint density at radius 1 is 1.45 bits per heavy atom. The van der Waals surface area contributed by atoms with Crippen molar-refractivity contribution in [2.45, 2.75) is 51.7 Å². The van der Waals surface area contributed by atoms with Crippen molar-refractivity contribution >= 4 is 6.09 Å². The molecule has 0 aromatic heterocycles. The largest absolute Gasteiger partial charge is 0.444 e. The minimum atomic E-state index is -0.496. The summed E-state index contributed by atoms with van der Waals surface area (Å²) >= 11 is 0. The first-order valence-electron chi connectivity index (χ1n) is 8.08. The van der Waals surface area contributed by atoms with Crippen LogP contribution in [0.5, 0.6) is 0 Å². The van der Waals surface area contributed by atoms with Crippen LogP contribution in [0.4, 0.5) is 4.79 Å². The standard InChI is InChI=1S/C16H33N3O3/c1-15(2,3)22-14(21)19-8-6-7-16(11-17,12-19)9-13(20)10-18(4)5/h13,20H,6-12,17H2,1-5H3/t13-,16-/m1/s1. The molecule has 0 aliphatic carbocycles. The van der Waals surface area contributed by atoms with Crippen LogP contribution in [0.3, 0.4) is 0 Å². The second-order valence-electron chi connectivity index (χ2n) is 7.83. The number of piperidine rings is 1. The van der Waals surface area contributed by atoms with Crippen molar-refractivity contribution < 1.29 is 14.6 Å². The fourth-order valence-electron chi connectivity index (χ4n) is 3.09. The lowest BCUT2D eigenvalue weighted by atomic mass is 9.75. The molecule has 0 saturated carbocycles. The highest BCUT2D eigenvalue weighted by atomic mass is 16.6. The Labute approximate surface area is 134 Å². The van der Waals surface area contributed by atoms with Gasteiger partial charge in [0.2, 0.25) is 0 Å². The number of nitrogens with zero attached hydrogens (tertiary/aromatic N) is 2. The van der Waals surface area contributed by atoms with Gasteiger partial charge in [0.15, 0.2) is 0 Å². The minimum Gasteiger partial charge on any atom is -0.444 e. The summed E-state index contributed by atoms with van der Waals surface area (Å²) < 4.78 is 5.46. The maximum absolute atomic E-state index is 12.3. The average molecular weight is 315 g/mol. The summed E-state index contributed by atoms with van der Waals surface area (Å²) in [5.41, 5.74) is 5.29. The number of amides is 1. The van der Waals surface area contributed by atoms with E-state index in [0.717, 1.165) is 12.8 Å². The van der Waals surface area contributed by atoms with Crippen LogP contribution in [0, 0.1) is 5.41 Å². The van der Waals surface area contributed by atoms with Crippen molar-refractivity contribution in [1.29, 1.82) is 0 Å². The van der Waals surface area contributed by atoms with Crippen LogP contribution >= 0.6 is 0 Å². The van der Waals surface area contributed by atoms with Gasteiger partial charge in [-0.3, -0.25) is 0 Å². The van der Waals surface area contributed by atoms with E-state index in [2.05, 4.69) is 0 Å². The van der Waals surface area contributed by atoms with Gasteiger partial charge >= 0.3 is 6.09 Å². The third-order valence-corrected chi connectivity index (χ3v) is 3.99. The molecule has 2 atom stereocenters. The lowest BCUT2D eigenvalue weighted by molar-refractivity contribution is -0.00792. The number of ether oxygens (including phenoxy) is 1. The molecule has 0 spiro atoms. The number of nitrogens with two attached hydrogens (primary N) is 1. The van der Waals surface area contributed by atoms with Gasteiger partial charge in [0.25, 0.3) is 0 Å². The van der Waals surface area contributed by atoms with Gasteiger partial charge in [-0.05, 0) is 60.7 Å². The molecule has 1 rings (SSSR count). The summed E-state index contributed by atoms with van der Waals surface area (Å²) in [6.45, 7) is 7.93. The van der Waals surface area contributed by atoms with Gasteiger partial charge in [0, 0.05) is 25.0 Å². The van der Waals surface area contributed by atoms with E-state index in [-0.39, 0.29) is 11.5 Å². The fourth-order valence-corrected chi connectivity index (χ4v) is 3.09. The van der Waals surface area contributed by atoms with Crippen LogP contribution < -0.4 is 5.73 Å². The normalized spacial score (nSPS) is 24.5. The number of hydrogen-bond donors (Lipinski definition) is 2. The Bertz CT molecular complexity index is 368. The molecule has 1 amide bonds. The Kier molecular flexibility index (Phi) is 6.65. The molecule has 0 unspecified atom stereocenters. The second-order valence-corrected chi connectivity index (χ2v) is 7.83. The predicted octanol–water partition coefficient (Wildman–Crippen LogP) is 1.28. The van der Waals surface area contributed by atoms with Gasteiger partial charge in [-0.25, -0.2) is 4.79 Å². The van der Waals surface area contributed by atoms with E-state index in [1.54, 1.807) is 4.90 Å². The molecule has 0 aromatic carbocycles. The molecule has 1 saturated heterocycles. The molecular formula is C16H33N3O3. The lowest BCUT2D eigenvalue weighted by Crippen LogP contribution is -2.52. The highest BCUT2D eigenvalue weighted by molar-refractivity contribution is 5.68. The molecule has 22 heavy (non-hydrogen) atoms. The molecular weight excluding hydrogens is 282 g/mol. The van der Waals surface area contributed by atoms with Crippen LogP contribution in [0.2, 0.25) is 0 Å². The molecule has 1 heterocycles. The van der Waals surface area contributed by atoms with Gasteiger partial charge in [0.1, 0.15) is 5.60 Å². The Balaban J connectivity index is 2.70. The summed E-state index contributed by atoms with van der Waals surface area (Å²) in [7, 11) is 3.87. The first kappa shape index (κ1) is 19.2. The number of aliphatic hydroxyl groups is 1. The van der Waals surface area contributed by atoms with E-state index in [1.165, 1.54) is 0 Å². The van der Waals surface area contributed by atoms with Crippen LogP contribution in [-0.2, 0) is 4.74 Å². The first-order valence-corrected chi connectivity index (χ1v) is 8.08. The van der Waals surface area contributed by atoms with E-state index in [1.807, 2.05) is 39.8 Å². The number of carbonyl (C=O) groups is 1. The molecule has 0 aromatic rings. The van der Waals surface area contributed by atoms with Crippen molar-refractivity contribution in [3.05, 3.63) is 0 Å². The minimum absolute atomic E-state index is 0.218. The van der Waals surface area contributed by atoms with Gasteiger partial charge in [-0.2, -0.15) is 0 Å². The zero-order valence-corrected chi connectivity index (χ0v) is 14.8. The molecule has 3 N–H and O–H groups in total. The second kappa shape index (κ2) is 7.62. The van der Waals surface area contributed by atoms with Gasteiger partial charge in [-0.15, -0.1) is 0 Å². The van der Waals surface area contributed by atoms with Crippen LogP contribution in [0.1, 0.15) is 40.0 Å². The topological polar surface area (TPSA) is 79.0 Å². The molecule has 0 bridgehead atoms.